The van der Waals surface area contributed by atoms with E-state index in [1.165, 1.54) is 5.57 Å². The summed E-state index contributed by atoms with van der Waals surface area (Å²) in [6.07, 6.45) is 11.6. The van der Waals surface area contributed by atoms with Gasteiger partial charge in [0.05, 0.1) is 7.11 Å². The number of methoxy groups -OCH3 is 1. The first-order valence-electron chi connectivity index (χ1n) is 6.13. The minimum Gasteiger partial charge on any atom is -0.481 e. The molecule has 1 N–H and O–H groups in total. The quantitative estimate of drug-likeness (QED) is 0.811. The Bertz CT molecular complexity index is 393. The molecule has 2 rings (SSSR count). The fourth-order valence-corrected chi connectivity index (χ4v) is 2.16. The Morgan fingerprint density at radius 2 is 2.41 bits per heavy atom. The van der Waals surface area contributed by atoms with Gasteiger partial charge in [-0.1, -0.05) is 13.0 Å². The van der Waals surface area contributed by atoms with Crippen LogP contribution in [0, 0.1) is 11.8 Å². The number of rotatable bonds is 3. The third kappa shape index (κ3) is 2.78. The molecule has 17 heavy (non-hydrogen) atoms. The van der Waals surface area contributed by atoms with Crippen molar-refractivity contribution in [3.63, 3.8) is 0 Å². The standard InChI is InChI=1S/C14H20N2O/c1-10(8-12-6-7-15-11(12)2)13-4-5-14(17-3)16-9-13/h5-11,13,15H,4H2,1-3H3/b12-8-/t10-,11?,13?/m0/s1. The van der Waals surface area contributed by atoms with E-state index in [1.807, 2.05) is 12.4 Å². The van der Waals surface area contributed by atoms with E-state index in [1.54, 1.807) is 7.11 Å². The van der Waals surface area contributed by atoms with Crippen molar-refractivity contribution < 1.29 is 4.74 Å². The van der Waals surface area contributed by atoms with Crippen molar-refractivity contribution >= 4 is 6.21 Å². The SMILES string of the molecule is COC1=CCC([C@@H](C)/C=C2/C=CNC2C)C=N1. The van der Waals surface area contributed by atoms with Gasteiger partial charge in [0.1, 0.15) is 0 Å². The van der Waals surface area contributed by atoms with E-state index in [2.05, 4.69) is 42.4 Å². The number of aliphatic imine (C=N–C) groups is 1. The lowest BCUT2D eigenvalue weighted by Gasteiger charge is -2.20. The first-order chi connectivity index (χ1) is 8.20. The molecule has 2 heterocycles. The van der Waals surface area contributed by atoms with Crippen molar-refractivity contribution in [1.82, 2.24) is 5.32 Å². The predicted molar refractivity (Wildman–Crippen MR) is 70.7 cm³/mol. The minimum atomic E-state index is 0.433. The molecule has 0 aromatic heterocycles. The van der Waals surface area contributed by atoms with E-state index in [0.717, 1.165) is 12.3 Å². The summed E-state index contributed by atoms with van der Waals surface area (Å²) in [4.78, 5) is 4.30. The lowest BCUT2D eigenvalue weighted by molar-refractivity contribution is 0.282. The number of nitrogens with zero attached hydrogens (tertiary/aromatic N) is 1. The molecule has 2 aliphatic heterocycles. The van der Waals surface area contributed by atoms with Crippen molar-refractivity contribution in [2.75, 3.05) is 7.11 Å². The molecule has 2 unspecified atom stereocenters. The highest BCUT2D eigenvalue weighted by molar-refractivity contribution is 5.64. The first-order valence-corrected chi connectivity index (χ1v) is 6.13. The van der Waals surface area contributed by atoms with Crippen LogP contribution in [0.5, 0.6) is 0 Å². The maximum atomic E-state index is 5.10. The van der Waals surface area contributed by atoms with Crippen molar-refractivity contribution in [3.8, 4) is 0 Å². The normalized spacial score (nSPS) is 31.2. The number of hydrogen-bond donors (Lipinski definition) is 1. The molecule has 3 atom stereocenters. The second kappa shape index (κ2) is 5.21. The van der Waals surface area contributed by atoms with Gasteiger partial charge < -0.3 is 10.1 Å². The Labute approximate surface area is 103 Å². The largest absolute Gasteiger partial charge is 0.481 e. The van der Waals surface area contributed by atoms with Crippen LogP contribution in [-0.4, -0.2) is 19.4 Å². The second-order valence-corrected chi connectivity index (χ2v) is 4.67. The van der Waals surface area contributed by atoms with E-state index in [9.17, 15) is 0 Å². The highest BCUT2D eigenvalue weighted by Crippen LogP contribution is 2.24. The highest BCUT2D eigenvalue weighted by Gasteiger charge is 2.18. The van der Waals surface area contributed by atoms with E-state index in [-0.39, 0.29) is 0 Å². The van der Waals surface area contributed by atoms with Gasteiger partial charge in [-0.15, -0.1) is 0 Å². The Morgan fingerprint density at radius 3 is 2.94 bits per heavy atom. The zero-order valence-corrected chi connectivity index (χ0v) is 10.7. The summed E-state index contributed by atoms with van der Waals surface area (Å²) < 4.78 is 5.10. The van der Waals surface area contributed by atoms with Gasteiger partial charge in [0.2, 0.25) is 5.88 Å². The molecule has 0 aromatic rings. The molecule has 0 amide bonds. The van der Waals surface area contributed by atoms with Crippen molar-refractivity contribution in [3.05, 3.63) is 35.9 Å². The zero-order valence-electron chi connectivity index (χ0n) is 10.7. The third-order valence-corrected chi connectivity index (χ3v) is 3.42. The van der Waals surface area contributed by atoms with Crippen LogP contribution in [0.15, 0.2) is 40.9 Å². The summed E-state index contributed by atoms with van der Waals surface area (Å²) in [5, 5.41) is 3.28. The molecule has 0 spiro atoms. The predicted octanol–water partition coefficient (Wildman–Crippen LogP) is 2.63. The maximum Gasteiger partial charge on any atom is 0.208 e. The molecule has 3 heteroatoms. The molecular weight excluding hydrogens is 212 g/mol. The lowest BCUT2D eigenvalue weighted by Crippen LogP contribution is -2.19. The second-order valence-electron chi connectivity index (χ2n) is 4.67. The van der Waals surface area contributed by atoms with Crippen molar-refractivity contribution in [2.24, 2.45) is 16.8 Å². The van der Waals surface area contributed by atoms with Crippen LogP contribution < -0.4 is 5.32 Å². The van der Waals surface area contributed by atoms with Crippen molar-refractivity contribution in [2.45, 2.75) is 26.3 Å². The first kappa shape index (κ1) is 12.0. The molecule has 3 nitrogen and oxygen atoms in total. The van der Waals surface area contributed by atoms with Crippen LogP contribution in [0.4, 0.5) is 0 Å². The van der Waals surface area contributed by atoms with Gasteiger partial charge in [0.25, 0.3) is 0 Å². The Hall–Kier alpha value is -1.51. The molecule has 0 fully saturated rings. The molecule has 0 bridgehead atoms. The molecule has 0 radical (unpaired) electrons. The van der Waals surface area contributed by atoms with Crippen LogP contribution in [0.2, 0.25) is 0 Å². The molecule has 92 valence electrons. The van der Waals surface area contributed by atoms with Gasteiger partial charge in [-0.05, 0) is 43.2 Å². The fourth-order valence-electron chi connectivity index (χ4n) is 2.16. The number of nitrogens with one attached hydrogen (secondary N) is 1. The summed E-state index contributed by atoms with van der Waals surface area (Å²) in [6, 6.07) is 0.433. The monoisotopic (exact) mass is 232 g/mol. The number of allylic oxidation sites excluding steroid dienone is 2. The average molecular weight is 232 g/mol. The van der Waals surface area contributed by atoms with Gasteiger partial charge in [0.15, 0.2) is 0 Å². The summed E-state index contributed by atoms with van der Waals surface area (Å²) in [5.74, 6) is 1.70. The summed E-state index contributed by atoms with van der Waals surface area (Å²) >= 11 is 0. The molecule has 2 aliphatic rings. The van der Waals surface area contributed by atoms with Gasteiger partial charge in [0, 0.05) is 18.2 Å². The van der Waals surface area contributed by atoms with Crippen LogP contribution in [0.1, 0.15) is 20.3 Å². The van der Waals surface area contributed by atoms with Gasteiger partial charge in [-0.3, -0.25) is 0 Å². The van der Waals surface area contributed by atoms with E-state index in [4.69, 9.17) is 4.74 Å². The van der Waals surface area contributed by atoms with Crippen LogP contribution in [-0.2, 0) is 4.74 Å². The topological polar surface area (TPSA) is 33.6 Å². The van der Waals surface area contributed by atoms with Crippen LogP contribution >= 0.6 is 0 Å². The maximum absolute atomic E-state index is 5.10. The molecule has 0 aliphatic carbocycles. The van der Waals surface area contributed by atoms with Gasteiger partial charge in [-0.25, -0.2) is 4.99 Å². The van der Waals surface area contributed by atoms with Gasteiger partial charge >= 0.3 is 0 Å². The molecule has 0 aromatic carbocycles. The Morgan fingerprint density at radius 1 is 1.59 bits per heavy atom. The Balaban J connectivity index is 1.98. The highest BCUT2D eigenvalue weighted by atomic mass is 16.5. The summed E-state index contributed by atoms with van der Waals surface area (Å²) in [7, 11) is 1.66. The zero-order chi connectivity index (χ0) is 12.3. The average Bonchev–Trinajstić information content (AvgIpc) is 2.75. The third-order valence-electron chi connectivity index (χ3n) is 3.42. The summed E-state index contributed by atoms with van der Waals surface area (Å²) in [6.45, 7) is 4.42. The number of ether oxygens (including phenoxy) is 1. The van der Waals surface area contributed by atoms with Crippen molar-refractivity contribution in [1.29, 1.82) is 0 Å². The van der Waals surface area contributed by atoms with E-state index < -0.39 is 0 Å². The molecule has 0 saturated heterocycles. The van der Waals surface area contributed by atoms with Crippen LogP contribution in [0.3, 0.4) is 0 Å². The minimum absolute atomic E-state index is 0.433. The molecule has 0 saturated carbocycles. The Kier molecular flexibility index (Phi) is 3.67. The van der Waals surface area contributed by atoms with E-state index in [0.29, 0.717) is 17.9 Å². The van der Waals surface area contributed by atoms with Crippen LogP contribution in [0.25, 0.3) is 0 Å². The molecular formula is C14H20N2O. The smallest absolute Gasteiger partial charge is 0.208 e. The fraction of sp³-hybridized carbons (Fsp3) is 0.500. The number of hydrogen-bond acceptors (Lipinski definition) is 3. The lowest BCUT2D eigenvalue weighted by atomic mass is 9.88. The van der Waals surface area contributed by atoms with E-state index >= 15 is 0 Å². The van der Waals surface area contributed by atoms with Gasteiger partial charge in [-0.2, -0.15) is 0 Å². The summed E-state index contributed by atoms with van der Waals surface area (Å²) in [5.41, 5.74) is 1.37.